The van der Waals surface area contributed by atoms with Crippen LogP contribution in [0.15, 0.2) is 15.9 Å². The van der Waals surface area contributed by atoms with Crippen LogP contribution in [-0.2, 0) is 16.1 Å². The number of carbonyl (C=O) groups is 2. The first-order chi connectivity index (χ1) is 9.16. The minimum Gasteiger partial charge on any atom is -0.481 e. The van der Waals surface area contributed by atoms with Crippen LogP contribution in [-0.4, -0.2) is 28.9 Å². The SMILES string of the molecule is CC(C)C(C)(CC(=O)N(C)Cc1cc(Br)cs1)C(=O)O. The zero-order chi connectivity index (χ0) is 15.5. The Hall–Kier alpha value is -0.880. The molecule has 1 unspecified atom stereocenters. The predicted molar refractivity (Wildman–Crippen MR) is 83.7 cm³/mol. The Labute approximate surface area is 131 Å². The number of carboxylic acids is 1. The Morgan fingerprint density at radius 3 is 2.50 bits per heavy atom. The van der Waals surface area contributed by atoms with Crippen LogP contribution in [0.4, 0.5) is 0 Å². The van der Waals surface area contributed by atoms with Crippen molar-refractivity contribution in [3.8, 4) is 0 Å². The number of halogens is 1. The van der Waals surface area contributed by atoms with Crippen molar-refractivity contribution in [3.05, 3.63) is 20.8 Å². The van der Waals surface area contributed by atoms with E-state index in [1.165, 1.54) is 0 Å². The van der Waals surface area contributed by atoms with Crippen molar-refractivity contribution in [1.82, 2.24) is 4.90 Å². The van der Waals surface area contributed by atoms with Crippen molar-refractivity contribution in [1.29, 1.82) is 0 Å². The van der Waals surface area contributed by atoms with E-state index >= 15 is 0 Å². The van der Waals surface area contributed by atoms with E-state index in [0.29, 0.717) is 6.54 Å². The first-order valence-corrected chi connectivity index (χ1v) is 8.04. The quantitative estimate of drug-likeness (QED) is 0.841. The second-order valence-electron chi connectivity index (χ2n) is 5.54. The molecule has 0 aliphatic carbocycles. The largest absolute Gasteiger partial charge is 0.481 e. The highest BCUT2D eigenvalue weighted by molar-refractivity contribution is 9.10. The summed E-state index contributed by atoms with van der Waals surface area (Å²) in [5.74, 6) is -1.17. The minimum atomic E-state index is -1.03. The molecular formula is C14H20BrNO3S. The molecule has 0 saturated heterocycles. The molecule has 0 spiro atoms. The summed E-state index contributed by atoms with van der Waals surface area (Å²) in [4.78, 5) is 26.3. The van der Waals surface area contributed by atoms with E-state index in [2.05, 4.69) is 15.9 Å². The van der Waals surface area contributed by atoms with Crippen LogP contribution in [0.25, 0.3) is 0 Å². The molecule has 6 heteroatoms. The van der Waals surface area contributed by atoms with Crippen molar-refractivity contribution >= 4 is 39.1 Å². The Morgan fingerprint density at radius 2 is 2.10 bits per heavy atom. The lowest BCUT2D eigenvalue weighted by Crippen LogP contribution is -2.39. The number of rotatable bonds is 6. The van der Waals surface area contributed by atoms with Crippen LogP contribution in [0.3, 0.4) is 0 Å². The van der Waals surface area contributed by atoms with E-state index in [9.17, 15) is 14.7 Å². The van der Waals surface area contributed by atoms with Gasteiger partial charge < -0.3 is 10.0 Å². The highest BCUT2D eigenvalue weighted by atomic mass is 79.9. The first kappa shape index (κ1) is 17.2. The summed E-state index contributed by atoms with van der Waals surface area (Å²) in [7, 11) is 1.71. The summed E-state index contributed by atoms with van der Waals surface area (Å²) in [6, 6.07) is 1.97. The molecule has 1 atom stereocenters. The van der Waals surface area contributed by atoms with Gasteiger partial charge in [0, 0.05) is 28.2 Å². The fourth-order valence-electron chi connectivity index (χ4n) is 1.73. The molecule has 4 nitrogen and oxygen atoms in total. The number of hydrogen-bond donors (Lipinski definition) is 1. The van der Waals surface area contributed by atoms with Crippen LogP contribution >= 0.6 is 27.3 Å². The maximum Gasteiger partial charge on any atom is 0.310 e. The van der Waals surface area contributed by atoms with Crippen LogP contribution in [0.2, 0.25) is 0 Å². The topological polar surface area (TPSA) is 57.6 Å². The minimum absolute atomic E-state index is 0.0169. The van der Waals surface area contributed by atoms with Gasteiger partial charge in [-0.05, 0) is 34.8 Å². The van der Waals surface area contributed by atoms with Gasteiger partial charge in [-0.2, -0.15) is 0 Å². The van der Waals surface area contributed by atoms with Crippen LogP contribution in [0.5, 0.6) is 0 Å². The number of amides is 1. The van der Waals surface area contributed by atoms with Crippen molar-refractivity contribution in [3.63, 3.8) is 0 Å². The molecular weight excluding hydrogens is 342 g/mol. The molecule has 1 heterocycles. The Balaban J connectivity index is 2.72. The molecule has 0 aliphatic heterocycles. The van der Waals surface area contributed by atoms with Crippen molar-refractivity contribution in [2.75, 3.05) is 7.05 Å². The summed E-state index contributed by atoms with van der Waals surface area (Å²) >= 11 is 4.94. The number of carbonyl (C=O) groups excluding carboxylic acids is 1. The molecule has 1 amide bonds. The molecule has 0 saturated carbocycles. The molecule has 0 aromatic carbocycles. The lowest BCUT2D eigenvalue weighted by atomic mass is 9.76. The Morgan fingerprint density at radius 1 is 1.50 bits per heavy atom. The molecule has 1 aromatic heterocycles. The van der Waals surface area contributed by atoms with Crippen molar-refractivity contribution in [2.45, 2.75) is 33.7 Å². The fourth-order valence-corrected chi connectivity index (χ4v) is 3.24. The van der Waals surface area contributed by atoms with Gasteiger partial charge >= 0.3 is 5.97 Å². The fraction of sp³-hybridized carbons (Fsp3) is 0.571. The molecule has 0 radical (unpaired) electrons. The summed E-state index contributed by atoms with van der Waals surface area (Å²) in [5.41, 5.74) is -1.03. The van der Waals surface area contributed by atoms with E-state index in [1.807, 2.05) is 25.3 Å². The third-order valence-electron chi connectivity index (χ3n) is 3.72. The lowest BCUT2D eigenvalue weighted by Gasteiger charge is -2.30. The van der Waals surface area contributed by atoms with Crippen molar-refractivity contribution < 1.29 is 14.7 Å². The van der Waals surface area contributed by atoms with E-state index in [1.54, 1.807) is 30.2 Å². The van der Waals surface area contributed by atoms with Gasteiger partial charge in [0.25, 0.3) is 0 Å². The zero-order valence-corrected chi connectivity index (χ0v) is 14.5. The van der Waals surface area contributed by atoms with E-state index in [-0.39, 0.29) is 18.2 Å². The molecule has 0 fully saturated rings. The van der Waals surface area contributed by atoms with Crippen LogP contribution in [0.1, 0.15) is 32.1 Å². The number of hydrogen-bond acceptors (Lipinski definition) is 3. The van der Waals surface area contributed by atoms with E-state index in [0.717, 1.165) is 9.35 Å². The van der Waals surface area contributed by atoms with Gasteiger partial charge in [0.05, 0.1) is 12.0 Å². The molecule has 0 aliphatic rings. The number of nitrogens with zero attached hydrogens (tertiary/aromatic N) is 1. The van der Waals surface area contributed by atoms with Gasteiger partial charge in [0.2, 0.25) is 5.91 Å². The summed E-state index contributed by atoms with van der Waals surface area (Å²) in [6.07, 6.45) is 0.0169. The number of aliphatic carboxylic acids is 1. The van der Waals surface area contributed by atoms with Crippen molar-refractivity contribution in [2.24, 2.45) is 11.3 Å². The first-order valence-electron chi connectivity index (χ1n) is 6.37. The second-order valence-corrected chi connectivity index (χ2v) is 7.45. The summed E-state index contributed by atoms with van der Waals surface area (Å²) in [6.45, 7) is 5.80. The molecule has 0 bridgehead atoms. The molecule has 1 aromatic rings. The second kappa shape index (κ2) is 6.72. The predicted octanol–water partition coefficient (Wildman–Crippen LogP) is 3.61. The van der Waals surface area contributed by atoms with Gasteiger partial charge in [0.1, 0.15) is 0 Å². The van der Waals surface area contributed by atoms with Gasteiger partial charge in [-0.3, -0.25) is 9.59 Å². The van der Waals surface area contributed by atoms with E-state index in [4.69, 9.17) is 0 Å². The van der Waals surface area contributed by atoms with Gasteiger partial charge in [0.15, 0.2) is 0 Å². The number of thiophene rings is 1. The molecule has 112 valence electrons. The highest BCUT2D eigenvalue weighted by Crippen LogP contribution is 2.32. The summed E-state index contributed by atoms with van der Waals surface area (Å²) < 4.78 is 0.996. The monoisotopic (exact) mass is 361 g/mol. The standard InChI is InChI=1S/C14H20BrNO3S/c1-9(2)14(3,13(18)19)6-12(17)16(4)7-11-5-10(15)8-20-11/h5,8-9H,6-7H2,1-4H3,(H,18,19). The third-order valence-corrected chi connectivity index (χ3v) is 5.40. The van der Waals surface area contributed by atoms with Gasteiger partial charge in [-0.15, -0.1) is 11.3 Å². The third kappa shape index (κ3) is 4.06. The molecule has 1 rings (SSSR count). The maximum absolute atomic E-state index is 12.2. The lowest BCUT2D eigenvalue weighted by molar-refractivity contribution is -0.155. The number of carboxylic acid groups (broad SMARTS) is 1. The van der Waals surface area contributed by atoms with Crippen LogP contribution < -0.4 is 0 Å². The molecule has 1 N–H and O–H groups in total. The van der Waals surface area contributed by atoms with Gasteiger partial charge in [-0.1, -0.05) is 13.8 Å². The molecule has 20 heavy (non-hydrogen) atoms. The van der Waals surface area contributed by atoms with Crippen LogP contribution in [0, 0.1) is 11.3 Å². The normalized spacial score (nSPS) is 14.1. The highest BCUT2D eigenvalue weighted by Gasteiger charge is 2.39. The Kier molecular flexibility index (Phi) is 5.77. The summed E-state index contributed by atoms with van der Waals surface area (Å²) in [5, 5.41) is 11.3. The smallest absolute Gasteiger partial charge is 0.310 e. The Bertz CT molecular complexity index is 500. The maximum atomic E-state index is 12.2. The zero-order valence-electron chi connectivity index (χ0n) is 12.1. The average molecular weight is 362 g/mol. The van der Waals surface area contributed by atoms with Gasteiger partial charge in [-0.25, -0.2) is 0 Å². The average Bonchev–Trinajstić information content (AvgIpc) is 2.73. The van der Waals surface area contributed by atoms with E-state index < -0.39 is 11.4 Å².